The fourth-order valence-electron chi connectivity index (χ4n) is 4.50. The number of halogens is 5. The Morgan fingerprint density at radius 2 is 2.06 bits per heavy atom. The number of fused-ring (bicyclic) bond motifs is 1. The van der Waals surface area contributed by atoms with Crippen molar-refractivity contribution in [2.45, 2.75) is 62.1 Å². The molecule has 0 radical (unpaired) electrons. The number of benzene rings is 1. The number of ether oxygens (including phenoxy) is 1. The van der Waals surface area contributed by atoms with Gasteiger partial charge >= 0.3 is 12.2 Å². The molecule has 3 N–H and O–H groups in total. The first-order chi connectivity index (χ1) is 15.5. The van der Waals surface area contributed by atoms with Crippen LogP contribution in [0.2, 0.25) is 0 Å². The van der Waals surface area contributed by atoms with Crippen LogP contribution in [0.15, 0.2) is 16.5 Å². The van der Waals surface area contributed by atoms with Crippen molar-refractivity contribution >= 4 is 17.1 Å². The van der Waals surface area contributed by atoms with Crippen LogP contribution in [0.1, 0.15) is 43.2 Å². The highest BCUT2D eigenvalue weighted by atomic mass is 19.4. The molecule has 1 saturated carbocycles. The predicted molar refractivity (Wildman–Crippen MR) is 108 cm³/mol. The summed E-state index contributed by atoms with van der Waals surface area (Å²) in [6.07, 6.45) is -3.73. The second-order valence-electron chi connectivity index (χ2n) is 8.84. The van der Waals surface area contributed by atoms with Crippen molar-refractivity contribution in [2.75, 3.05) is 20.3 Å². The Bertz CT molecular complexity index is 1020. The maximum atomic E-state index is 14.9. The van der Waals surface area contributed by atoms with Crippen molar-refractivity contribution in [1.82, 2.24) is 15.2 Å². The molecular formula is C21H25F5N4O3. The molecule has 0 bridgehead atoms. The van der Waals surface area contributed by atoms with E-state index in [-0.39, 0.29) is 35.6 Å². The van der Waals surface area contributed by atoms with E-state index in [1.165, 1.54) is 13.2 Å². The molecule has 2 aliphatic rings. The summed E-state index contributed by atoms with van der Waals surface area (Å²) in [7, 11) is 1.33. The van der Waals surface area contributed by atoms with Crippen LogP contribution >= 0.6 is 0 Å². The molecule has 4 rings (SSSR count). The van der Waals surface area contributed by atoms with E-state index >= 15 is 0 Å². The lowest BCUT2D eigenvalue weighted by Crippen LogP contribution is -2.45. The van der Waals surface area contributed by atoms with E-state index in [4.69, 9.17) is 14.9 Å². The minimum atomic E-state index is -4.61. The zero-order valence-corrected chi connectivity index (χ0v) is 17.9. The molecule has 2 atom stereocenters. The summed E-state index contributed by atoms with van der Waals surface area (Å²) in [4.78, 5) is 17.5. The van der Waals surface area contributed by atoms with Gasteiger partial charge in [-0.3, -0.25) is 0 Å². The summed E-state index contributed by atoms with van der Waals surface area (Å²) in [5.74, 6) is -0.576. The predicted octanol–water partition coefficient (Wildman–Crippen LogP) is 3.76. The van der Waals surface area contributed by atoms with Gasteiger partial charge in [-0.25, -0.2) is 18.6 Å². The molecule has 0 spiro atoms. The Balaban J connectivity index is 1.61. The molecule has 1 aliphatic heterocycles. The van der Waals surface area contributed by atoms with Crippen LogP contribution in [0.25, 0.3) is 11.1 Å². The number of carbonyl (C=O) groups excluding carboxylic acids is 1. The summed E-state index contributed by atoms with van der Waals surface area (Å²) in [5.41, 5.74) is 5.90. The summed E-state index contributed by atoms with van der Waals surface area (Å²) >= 11 is 0. The summed E-state index contributed by atoms with van der Waals surface area (Å²) in [6.45, 7) is -0.782. The van der Waals surface area contributed by atoms with E-state index in [2.05, 4.69) is 4.98 Å². The molecule has 1 aromatic carbocycles. The first-order valence-corrected chi connectivity index (χ1v) is 10.6. The third kappa shape index (κ3) is 4.91. The lowest BCUT2D eigenvalue weighted by atomic mass is 9.79. The van der Waals surface area contributed by atoms with Gasteiger partial charge in [-0.1, -0.05) is 0 Å². The maximum Gasteiger partial charge on any atom is 0.410 e. The number of urea groups is 1. The Kier molecular flexibility index (Phi) is 6.25. The summed E-state index contributed by atoms with van der Waals surface area (Å²) < 4.78 is 78.3. The molecule has 2 heterocycles. The van der Waals surface area contributed by atoms with E-state index in [0.29, 0.717) is 25.7 Å². The second kappa shape index (κ2) is 8.71. The fourth-order valence-corrected chi connectivity index (χ4v) is 4.50. The van der Waals surface area contributed by atoms with Gasteiger partial charge in [0, 0.05) is 19.1 Å². The van der Waals surface area contributed by atoms with Crippen LogP contribution in [-0.2, 0) is 11.2 Å². The number of hydrogen-bond donors (Lipinski definition) is 2. The molecule has 0 unspecified atom stereocenters. The molecule has 182 valence electrons. The smallest absolute Gasteiger partial charge is 0.410 e. The fraction of sp³-hybridized carbons (Fsp3) is 0.619. The number of nitrogens with one attached hydrogen (secondary N) is 1. The molecule has 1 aliphatic carbocycles. The highest BCUT2D eigenvalue weighted by Gasteiger charge is 2.48. The summed E-state index contributed by atoms with van der Waals surface area (Å²) in [5, 5.41) is 1.90. The lowest BCUT2D eigenvalue weighted by Gasteiger charge is -2.33. The number of methoxy groups -OCH3 is 1. The maximum absolute atomic E-state index is 14.9. The first-order valence-electron chi connectivity index (χ1n) is 10.6. The van der Waals surface area contributed by atoms with Gasteiger partial charge in [0.25, 0.3) is 0 Å². The quantitative estimate of drug-likeness (QED) is 0.620. The van der Waals surface area contributed by atoms with Gasteiger partial charge in [0.05, 0.1) is 19.2 Å². The number of amides is 2. The Morgan fingerprint density at radius 3 is 2.67 bits per heavy atom. The highest BCUT2D eigenvalue weighted by Crippen LogP contribution is 2.34. The van der Waals surface area contributed by atoms with Crippen molar-refractivity contribution in [1.29, 1.82) is 0 Å². The molecule has 1 saturated heterocycles. The highest BCUT2D eigenvalue weighted by molar-refractivity contribution is 5.79. The van der Waals surface area contributed by atoms with E-state index < -0.39 is 48.4 Å². The molecule has 1 aromatic heterocycles. The summed E-state index contributed by atoms with van der Waals surface area (Å²) in [6, 6.07) is -1.36. The average molecular weight is 476 g/mol. The van der Waals surface area contributed by atoms with E-state index in [9.17, 15) is 26.7 Å². The van der Waals surface area contributed by atoms with Crippen LogP contribution in [-0.4, -0.2) is 60.1 Å². The first kappa shape index (κ1) is 23.7. The molecule has 2 fully saturated rings. The van der Waals surface area contributed by atoms with Crippen molar-refractivity contribution in [3.05, 3.63) is 29.4 Å². The van der Waals surface area contributed by atoms with Gasteiger partial charge < -0.3 is 25.1 Å². The topological polar surface area (TPSA) is 93.6 Å². The van der Waals surface area contributed by atoms with Crippen LogP contribution < -0.4 is 11.1 Å². The zero-order chi connectivity index (χ0) is 24.0. The Morgan fingerprint density at radius 1 is 1.36 bits per heavy atom. The van der Waals surface area contributed by atoms with Crippen molar-refractivity contribution in [3.63, 3.8) is 0 Å². The number of rotatable bonds is 6. The molecule has 7 nitrogen and oxygen atoms in total. The number of alkyl halides is 4. The Hall–Kier alpha value is -2.47. The van der Waals surface area contributed by atoms with E-state index in [0.717, 1.165) is 11.0 Å². The van der Waals surface area contributed by atoms with Crippen LogP contribution in [0.5, 0.6) is 0 Å². The monoisotopic (exact) mass is 476 g/mol. The largest absolute Gasteiger partial charge is 0.438 e. The van der Waals surface area contributed by atoms with Gasteiger partial charge in [0.1, 0.15) is 17.7 Å². The van der Waals surface area contributed by atoms with Crippen LogP contribution in [0, 0.1) is 5.82 Å². The van der Waals surface area contributed by atoms with Crippen LogP contribution in [0.3, 0.4) is 0 Å². The third-order valence-corrected chi connectivity index (χ3v) is 6.34. The second-order valence-corrected chi connectivity index (χ2v) is 8.84. The van der Waals surface area contributed by atoms with Crippen molar-refractivity contribution in [2.24, 2.45) is 5.73 Å². The number of oxazole rings is 1. The number of nitrogens with two attached hydrogens (primary N) is 1. The third-order valence-electron chi connectivity index (χ3n) is 6.34. The number of carbonyl (C=O) groups is 1. The Labute approximate surface area is 186 Å². The average Bonchev–Trinajstić information content (AvgIpc) is 3.32. The molecule has 12 heteroatoms. The van der Waals surface area contributed by atoms with Gasteiger partial charge in [0.15, 0.2) is 17.3 Å². The minimum absolute atomic E-state index is 0.119. The van der Waals surface area contributed by atoms with Crippen molar-refractivity contribution in [3.8, 4) is 0 Å². The standard InChI is InChI=1S/C21H25F5N4O3/c1-32-10-15(30-9-16(21(24,25)26)29-19(30)31)11-6-13(23)18-14(7-11)28-17(33-18)8-20(27)4-2-12(22)3-5-20/h6-7,12,15-16H,2-5,8-10,27H2,1H3,(H,29,31)/t12?,15-,16+,20?/m1/s1. The number of aromatic nitrogens is 1. The lowest BCUT2D eigenvalue weighted by molar-refractivity contribution is -0.150. The molecule has 2 amide bonds. The van der Waals surface area contributed by atoms with E-state index in [1.807, 2.05) is 5.32 Å². The van der Waals surface area contributed by atoms with Gasteiger partial charge in [-0.2, -0.15) is 13.2 Å². The number of nitrogens with zero attached hydrogens (tertiary/aromatic N) is 2. The molecule has 2 aromatic rings. The van der Waals surface area contributed by atoms with Gasteiger partial charge in [-0.05, 0) is 43.4 Å². The van der Waals surface area contributed by atoms with Crippen LogP contribution in [0.4, 0.5) is 26.7 Å². The van der Waals surface area contributed by atoms with E-state index in [1.54, 1.807) is 0 Å². The molecular weight excluding hydrogens is 451 g/mol. The normalized spacial score (nSPS) is 27.2. The minimum Gasteiger partial charge on any atom is -0.438 e. The SMILES string of the molecule is COC[C@H](c1cc(F)c2oc(CC3(N)CCC(F)CC3)nc2c1)N1C[C@@H](C(F)(F)F)NC1=O. The number of hydrogen-bond acceptors (Lipinski definition) is 5. The van der Waals surface area contributed by atoms with Crippen molar-refractivity contribution < 1.29 is 35.9 Å². The van der Waals surface area contributed by atoms with Gasteiger partial charge in [0.2, 0.25) is 0 Å². The zero-order valence-electron chi connectivity index (χ0n) is 17.9. The van der Waals surface area contributed by atoms with Gasteiger partial charge in [-0.15, -0.1) is 0 Å². The molecule has 33 heavy (non-hydrogen) atoms.